The van der Waals surface area contributed by atoms with Crippen LogP contribution in [0.1, 0.15) is 31.7 Å². The van der Waals surface area contributed by atoms with Crippen LogP contribution in [0.25, 0.3) is 0 Å². The molecule has 5 nitrogen and oxygen atoms in total. The summed E-state index contributed by atoms with van der Waals surface area (Å²) in [7, 11) is 0. The molecule has 0 heterocycles. The third kappa shape index (κ3) is 5.42. The molecule has 0 bridgehead atoms. The highest BCUT2D eigenvalue weighted by molar-refractivity contribution is 5.84. The number of likely N-dealkylation sites (N-methyl/N-ethyl adjacent to an activating group) is 1. The molecule has 0 saturated carbocycles. The lowest BCUT2D eigenvalue weighted by Gasteiger charge is -2.12. The van der Waals surface area contributed by atoms with Crippen molar-refractivity contribution in [2.45, 2.75) is 26.2 Å². The number of benzene rings is 1. The first-order chi connectivity index (χ1) is 9.02. The predicted octanol–water partition coefficient (Wildman–Crippen LogP) is 1.01. The van der Waals surface area contributed by atoms with Crippen LogP contribution in [0.15, 0.2) is 24.3 Å². The molecule has 1 unspecified atom stereocenters. The molecule has 2 amide bonds. The summed E-state index contributed by atoms with van der Waals surface area (Å²) in [4.78, 5) is 22.9. The number of anilines is 1. The maximum absolute atomic E-state index is 11.7. The topological polar surface area (TPSA) is 84.2 Å². The first kappa shape index (κ1) is 15.0. The molecule has 4 N–H and O–H groups in total. The molecule has 1 rings (SSSR count). The van der Waals surface area contributed by atoms with Crippen LogP contribution in [0.2, 0.25) is 0 Å². The highest BCUT2D eigenvalue weighted by Crippen LogP contribution is 2.19. The molecule has 0 saturated heterocycles. The van der Waals surface area contributed by atoms with Crippen molar-refractivity contribution in [3.63, 3.8) is 0 Å². The number of carbonyl (C=O) groups excluding carboxylic acids is 2. The van der Waals surface area contributed by atoms with E-state index < -0.39 is 0 Å². The van der Waals surface area contributed by atoms with E-state index in [0.29, 0.717) is 18.7 Å². The second-order valence-corrected chi connectivity index (χ2v) is 4.50. The average molecular weight is 263 g/mol. The van der Waals surface area contributed by atoms with Gasteiger partial charge in [0.25, 0.3) is 0 Å². The lowest BCUT2D eigenvalue weighted by Crippen LogP contribution is -2.37. The summed E-state index contributed by atoms with van der Waals surface area (Å²) in [6.45, 7) is 4.40. The van der Waals surface area contributed by atoms with E-state index in [1.165, 1.54) is 0 Å². The van der Waals surface area contributed by atoms with Crippen molar-refractivity contribution >= 4 is 17.5 Å². The fourth-order valence-electron chi connectivity index (χ4n) is 1.73. The molecule has 0 radical (unpaired) electrons. The van der Waals surface area contributed by atoms with Gasteiger partial charge in [0.05, 0.1) is 6.54 Å². The summed E-state index contributed by atoms with van der Waals surface area (Å²) >= 11 is 0. The number of rotatable bonds is 6. The Balaban J connectivity index is 2.39. The maximum Gasteiger partial charge on any atom is 0.239 e. The van der Waals surface area contributed by atoms with Crippen LogP contribution in [0.5, 0.6) is 0 Å². The van der Waals surface area contributed by atoms with Gasteiger partial charge in [0.2, 0.25) is 11.8 Å². The van der Waals surface area contributed by atoms with Crippen LogP contribution in [0, 0.1) is 0 Å². The van der Waals surface area contributed by atoms with Gasteiger partial charge < -0.3 is 16.4 Å². The quantitative estimate of drug-likeness (QED) is 0.670. The van der Waals surface area contributed by atoms with E-state index in [-0.39, 0.29) is 24.3 Å². The lowest BCUT2D eigenvalue weighted by molar-refractivity contribution is -0.126. The van der Waals surface area contributed by atoms with Gasteiger partial charge in [-0.3, -0.25) is 9.59 Å². The SMILES string of the molecule is CCNC(=O)CNC(=O)CC(C)c1ccc(N)cc1. The molecule has 19 heavy (non-hydrogen) atoms. The molecule has 0 spiro atoms. The molecule has 5 heteroatoms. The minimum atomic E-state index is -0.170. The second kappa shape index (κ2) is 7.41. The fraction of sp³-hybridized carbons (Fsp3) is 0.429. The Morgan fingerprint density at radius 1 is 1.16 bits per heavy atom. The van der Waals surface area contributed by atoms with Gasteiger partial charge >= 0.3 is 0 Å². The van der Waals surface area contributed by atoms with Crippen molar-refractivity contribution < 1.29 is 9.59 Å². The van der Waals surface area contributed by atoms with Crippen LogP contribution < -0.4 is 16.4 Å². The zero-order chi connectivity index (χ0) is 14.3. The lowest BCUT2D eigenvalue weighted by atomic mass is 9.97. The Hall–Kier alpha value is -2.04. The van der Waals surface area contributed by atoms with Crippen molar-refractivity contribution in [3.8, 4) is 0 Å². The van der Waals surface area contributed by atoms with E-state index in [1.54, 1.807) is 0 Å². The molecule has 104 valence electrons. The van der Waals surface area contributed by atoms with Crippen molar-refractivity contribution in [2.75, 3.05) is 18.8 Å². The van der Waals surface area contributed by atoms with Crippen LogP contribution in [0.3, 0.4) is 0 Å². The van der Waals surface area contributed by atoms with E-state index in [9.17, 15) is 9.59 Å². The standard InChI is InChI=1S/C14H21N3O2/c1-3-16-14(19)9-17-13(18)8-10(2)11-4-6-12(15)7-5-11/h4-7,10H,3,8-9,15H2,1-2H3,(H,16,19)(H,17,18). The van der Waals surface area contributed by atoms with E-state index in [1.807, 2.05) is 38.1 Å². The Morgan fingerprint density at radius 3 is 2.37 bits per heavy atom. The number of nitrogens with two attached hydrogens (primary N) is 1. The number of nitrogens with one attached hydrogen (secondary N) is 2. The molecule has 0 aromatic heterocycles. The fourth-order valence-corrected chi connectivity index (χ4v) is 1.73. The molecule has 1 aromatic rings. The molecular weight excluding hydrogens is 242 g/mol. The van der Waals surface area contributed by atoms with Crippen molar-refractivity contribution in [1.29, 1.82) is 0 Å². The summed E-state index contributed by atoms with van der Waals surface area (Å²) in [5.74, 6) is -0.207. The third-order valence-electron chi connectivity index (χ3n) is 2.82. The van der Waals surface area contributed by atoms with Gasteiger partial charge in [0.15, 0.2) is 0 Å². The molecule has 1 atom stereocenters. The van der Waals surface area contributed by atoms with Gasteiger partial charge in [-0.15, -0.1) is 0 Å². The first-order valence-electron chi connectivity index (χ1n) is 6.41. The molecule has 0 aliphatic carbocycles. The molecule has 0 aliphatic heterocycles. The van der Waals surface area contributed by atoms with Crippen molar-refractivity contribution in [2.24, 2.45) is 0 Å². The van der Waals surface area contributed by atoms with Gasteiger partial charge in [-0.05, 0) is 30.5 Å². The molecular formula is C14H21N3O2. The highest BCUT2D eigenvalue weighted by atomic mass is 16.2. The Morgan fingerprint density at radius 2 is 1.79 bits per heavy atom. The highest BCUT2D eigenvalue weighted by Gasteiger charge is 2.11. The summed E-state index contributed by atoms with van der Waals surface area (Å²) < 4.78 is 0. The normalized spacial score (nSPS) is 11.7. The minimum Gasteiger partial charge on any atom is -0.399 e. The third-order valence-corrected chi connectivity index (χ3v) is 2.82. The number of nitrogen functional groups attached to an aromatic ring is 1. The van der Waals surface area contributed by atoms with Gasteiger partial charge in [-0.1, -0.05) is 19.1 Å². The Labute approximate surface area is 113 Å². The zero-order valence-electron chi connectivity index (χ0n) is 11.4. The second-order valence-electron chi connectivity index (χ2n) is 4.50. The summed E-state index contributed by atoms with van der Waals surface area (Å²) in [6.07, 6.45) is 0.351. The summed E-state index contributed by atoms with van der Waals surface area (Å²) in [6, 6.07) is 7.46. The van der Waals surface area contributed by atoms with E-state index in [2.05, 4.69) is 10.6 Å². The largest absolute Gasteiger partial charge is 0.399 e. The average Bonchev–Trinajstić information content (AvgIpc) is 2.37. The van der Waals surface area contributed by atoms with Gasteiger partial charge in [0.1, 0.15) is 0 Å². The molecule has 0 aliphatic rings. The van der Waals surface area contributed by atoms with Gasteiger partial charge in [-0.25, -0.2) is 0 Å². The monoisotopic (exact) mass is 263 g/mol. The van der Waals surface area contributed by atoms with Crippen LogP contribution >= 0.6 is 0 Å². The zero-order valence-corrected chi connectivity index (χ0v) is 11.4. The van der Waals surface area contributed by atoms with E-state index in [4.69, 9.17) is 5.73 Å². The summed E-state index contributed by atoms with van der Waals surface area (Å²) in [5, 5.41) is 5.23. The minimum absolute atomic E-state index is 0.0289. The summed E-state index contributed by atoms with van der Waals surface area (Å²) in [5.41, 5.74) is 7.38. The number of carbonyl (C=O) groups is 2. The van der Waals surface area contributed by atoms with Crippen molar-refractivity contribution in [3.05, 3.63) is 29.8 Å². The Kier molecular flexibility index (Phi) is 5.85. The van der Waals surface area contributed by atoms with Gasteiger partial charge in [-0.2, -0.15) is 0 Å². The number of hydrogen-bond acceptors (Lipinski definition) is 3. The Bertz CT molecular complexity index is 429. The number of hydrogen-bond donors (Lipinski definition) is 3. The smallest absolute Gasteiger partial charge is 0.239 e. The number of amides is 2. The van der Waals surface area contributed by atoms with E-state index in [0.717, 1.165) is 5.56 Å². The van der Waals surface area contributed by atoms with Crippen LogP contribution in [-0.2, 0) is 9.59 Å². The van der Waals surface area contributed by atoms with Crippen LogP contribution in [0.4, 0.5) is 5.69 Å². The molecule has 0 fully saturated rings. The first-order valence-corrected chi connectivity index (χ1v) is 6.41. The van der Waals surface area contributed by atoms with Crippen molar-refractivity contribution in [1.82, 2.24) is 10.6 Å². The van der Waals surface area contributed by atoms with Crippen LogP contribution in [-0.4, -0.2) is 24.9 Å². The molecule has 1 aromatic carbocycles. The van der Waals surface area contributed by atoms with Gasteiger partial charge in [0, 0.05) is 18.7 Å². The maximum atomic E-state index is 11.7. The van der Waals surface area contributed by atoms with E-state index >= 15 is 0 Å². The predicted molar refractivity (Wildman–Crippen MR) is 75.6 cm³/mol.